The van der Waals surface area contributed by atoms with Gasteiger partial charge in [0, 0.05) is 24.7 Å². The number of hydrogen-bond donors (Lipinski definition) is 1. The van der Waals surface area contributed by atoms with E-state index in [2.05, 4.69) is 54.5 Å². The zero-order chi connectivity index (χ0) is 13.8. The molecular weight excluding hydrogens is 258 g/mol. The van der Waals surface area contributed by atoms with Crippen molar-refractivity contribution < 1.29 is 0 Å². The number of nitrogens with zero attached hydrogens (tertiary/aromatic N) is 4. The lowest BCUT2D eigenvalue weighted by Crippen LogP contribution is -2.05. The Morgan fingerprint density at radius 2 is 2.11 bits per heavy atom. The Labute approximate surface area is 118 Å². The Hall–Kier alpha value is -1.43. The van der Waals surface area contributed by atoms with Crippen LogP contribution >= 0.6 is 11.3 Å². The fourth-order valence-corrected chi connectivity index (χ4v) is 2.83. The van der Waals surface area contributed by atoms with E-state index in [4.69, 9.17) is 0 Å². The number of aryl methyl sites for hydroxylation is 1. The van der Waals surface area contributed by atoms with Crippen molar-refractivity contribution in [3.8, 4) is 0 Å². The average molecular weight is 279 g/mol. The van der Waals surface area contributed by atoms with Gasteiger partial charge in [0.15, 0.2) is 0 Å². The monoisotopic (exact) mass is 279 g/mol. The summed E-state index contributed by atoms with van der Waals surface area (Å²) in [7, 11) is 0. The van der Waals surface area contributed by atoms with E-state index in [0.29, 0.717) is 5.92 Å². The van der Waals surface area contributed by atoms with Gasteiger partial charge in [0.2, 0.25) is 5.13 Å². The molecule has 1 atom stereocenters. The van der Waals surface area contributed by atoms with Gasteiger partial charge in [0.05, 0.1) is 12.2 Å². The molecular formula is C13H21N5S. The lowest BCUT2D eigenvalue weighted by molar-refractivity contribution is 0.640. The first-order valence-corrected chi connectivity index (χ1v) is 7.51. The highest BCUT2D eigenvalue weighted by molar-refractivity contribution is 7.15. The van der Waals surface area contributed by atoms with Gasteiger partial charge in [0.25, 0.3) is 0 Å². The molecule has 0 aliphatic rings. The molecule has 19 heavy (non-hydrogen) atoms. The molecule has 1 unspecified atom stereocenters. The minimum atomic E-state index is 0.195. The van der Waals surface area contributed by atoms with Gasteiger partial charge in [-0.05, 0) is 19.8 Å². The molecule has 0 spiro atoms. The first-order valence-electron chi connectivity index (χ1n) is 6.69. The predicted octanol–water partition coefficient (Wildman–Crippen LogP) is 3.13. The van der Waals surface area contributed by atoms with Crippen molar-refractivity contribution in [2.24, 2.45) is 5.92 Å². The fraction of sp³-hybridized carbons (Fsp3) is 0.615. The molecule has 0 saturated carbocycles. The van der Waals surface area contributed by atoms with Crippen molar-refractivity contribution >= 4 is 16.5 Å². The predicted molar refractivity (Wildman–Crippen MR) is 78.4 cm³/mol. The van der Waals surface area contributed by atoms with Crippen LogP contribution in [0, 0.1) is 5.92 Å². The lowest BCUT2D eigenvalue weighted by atomic mass is 10.1. The Morgan fingerprint density at radius 3 is 2.74 bits per heavy atom. The van der Waals surface area contributed by atoms with E-state index in [1.54, 1.807) is 11.3 Å². The standard InChI is InChI=1S/C13H21N5S/c1-5-18-8-11(7-14-18)10(4)15-13-17-16-12(19-13)6-9(2)3/h7-10H,5-6H2,1-4H3,(H,15,17). The molecule has 2 rings (SSSR count). The second kappa shape index (κ2) is 6.14. The maximum Gasteiger partial charge on any atom is 0.206 e. The van der Waals surface area contributed by atoms with E-state index in [1.165, 1.54) is 5.56 Å². The first kappa shape index (κ1) is 14.0. The maximum absolute atomic E-state index is 4.29. The van der Waals surface area contributed by atoms with Crippen molar-refractivity contribution in [1.82, 2.24) is 20.0 Å². The molecule has 0 bridgehead atoms. The van der Waals surface area contributed by atoms with Crippen molar-refractivity contribution in [3.05, 3.63) is 23.0 Å². The highest BCUT2D eigenvalue weighted by atomic mass is 32.1. The van der Waals surface area contributed by atoms with Crippen LogP contribution in [0.1, 0.15) is 44.3 Å². The lowest BCUT2D eigenvalue weighted by Gasteiger charge is -2.09. The summed E-state index contributed by atoms with van der Waals surface area (Å²) in [6, 6.07) is 0.195. The zero-order valence-corrected chi connectivity index (χ0v) is 12.7. The summed E-state index contributed by atoms with van der Waals surface area (Å²) >= 11 is 1.64. The van der Waals surface area contributed by atoms with E-state index in [0.717, 1.165) is 23.1 Å². The topological polar surface area (TPSA) is 55.6 Å². The SMILES string of the molecule is CCn1cc(C(C)Nc2nnc(CC(C)C)s2)cn1. The Bertz CT molecular complexity index is 517. The number of hydrogen-bond acceptors (Lipinski definition) is 5. The van der Waals surface area contributed by atoms with Crippen molar-refractivity contribution in [1.29, 1.82) is 0 Å². The van der Waals surface area contributed by atoms with Crippen LogP contribution in [0.5, 0.6) is 0 Å². The van der Waals surface area contributed by atoms with Crippen LogP contribution in [-0.2, 0) is 13.0 Å². The maximum atomic E-state index is 4.29. The Morgan fingerprint density at radius 1 is 1.32 bits per heavy atom. The minimum absolute atomic E-state index is 0.195. The molecule has 2 aromatic rings. The van der Waals surface area contributed by atoms with E-state index in [9.17, 15) is 0 Å². The number of nitrogens with one attached hydrogen (secondary N) is 1. The van der Waals surface area contributed by atoms with Crippen LogP contribution in [0.25, 0.3) is 0 Å². The average Bonchev–Trinajstić information content (AvgIpc) is 2.97. The van der Waals surface area contributed by atoms with Gasteiger partial charge >= 0.3 is 0 Å². The normalized spacial score (nSPS) is 12.9. The largest absolute Gasteiger partial charge is 0.353 e. The number of aromatic nitrogens is 4. The summed E-state index contributed by atoms with van der Waals surface area (Å²) in [4.78, 5) is 0. The Kier molecular flexibility index (Phi) is 4.52. The van der Waals surface area contributed by atoms with Gasteiger partial charge in [0.1, 0.15) is 5.01 Å². The summed E-state index contributed by atoms with van der Waals surface area (Å²) in [6.07, 6.45) is 4.95. The molecule has 1 N–H and O–H groups in total. The Balaban J connectivity index is 1.98. The summed E-state index contributed by atoms with van der Waals surface area (Å²) < 4.78 is 1.93. The molecule has 5 nitrogen and oxygen atoms in total. The molecule has 0 amide bonds. The molecule has 2 aromatic heterocycles. The molecule has 6 heteroatoms. The molecule has 2 heterocycles. The number of rotatable bonds is 6. The fourth-order valence-electron chi connectivity index (χ4n) is 1.79. The summed E-state index contributed by atoms with van der Waals surface area (Å²) in [5, 5.41) is 18.0. The van der Waals surface area contributed by atoms with Crippen LogP contribution < -0.4 is 5.32 Å². The smallest absolute Gasteiger partial charge is 0.206 e. The van der Waals surface area contributed by atoms with Crippen LogP contribution in [-0.4, -0.2) is 20.0 Å². The van der Waals surface area contributed by atoms with Crippen LogP contribution in [0.15, 0.2) is 12.4 Å². The highest BCUT2D eigenvalue weighted by Gasteiger charge is 2.11. The van der Waals surface area contributed by atoms with Gasteiger partial charge in [-0.15, -0.1) is 10.2 Å². The van der Waals surface area contributed by atoms with Gasteiger partial charge in [-0.25, -0.2) is 0 Å². The second-order valence-corrected chi connectivity index (χ2v) is 6.16. The van der Waals surface area contributed by atoms with E-state index < -0.39 is 0 Å². The molecule has 0 aliphatic heterocycles. The van der Waals surface area contributed by atoms with Crippen molar-refractivity contribution in [3.63, 3.8) is 0 Å². The number of anilines is 1. The zero-order valence-electron chi connectivity index (χ0n) is 11.9. The van der Waals surface area contributed by atoms with E-state index in [1.807, 2.05) is 10.9 Å². The molecule has 104 valence electrons. The summed E-state index contributed by atoms with van der Waals surface area (Å²) in [5.41, 5.74) is 1.17. The van der Waals surface area contributed by atoms with Gasteiger partial charge in [-0.3, -0.25) is 4.68 Å². The van der Waals surface area contributed by atoms with Crippen molar-refractivity contribution in [2.45, 2.75) is 46.7 Å². The summed E-state index contributed by atoms with van der Waals surface area (Å²) in [6.45, 7) is 9.47. The molecule has 0 aromatic carbocycles. The van der Waals surface area contributed by atoms with E-state index >= 15 is 0 Å². The van der Waals surface area contributed by atoms with Gasteiger partial charge in [-0.1, -0.05) is 25.2 Å². The highest BCUT2D eigenvalue weighted by Crippen LogP contribution is 2.23. The third-order valence-electron chi connectivity index (χ3n) is 2.87. The van der Waals surface area contributed by atoms with Crippen LogP contribution in [0.4, 0.5) is 5.13 Å². The van der Waals surface area contributed by atoms with Gasteiger partial charge < -0.3 is 5.32 Å². The van der Waals surface area contributed by atoms with Gasteiger partial charge in [-0.2, -0.15) is 5.10 Å². The first-order chi connectivity index (χ1) is 9.08. The second-order valence-electron chi connectivity index (χ2n) is 5.09. The van der Waals surface area contributed by atoms with Crippen LogP contribution in [0.2, 0.25) is 0 Å². The molecule has 0 radical (unpaired) electrons. The molecule has 0 saturated heterocycles. The van der Waals surface area contributed by atoms with Crippen molar-refractivity contribution in [2.75, 3.05) is 5.32 Å². The minimum Gasteiger partial charge on any atom is -0.353 e. The quantitative estimate of drug-likeness (QED) is 0.882. The molecule has 0 fully saturated rings. The third-order valence-corrected chi connectivity index (χ3v) is 3.74. The third kappa shape index (κ3) is 3.76. The molecule has 0 aliphatic carbocycles. The summed E-state index contributed by atoms with van der Waals surface area (Å²) in [5.74, 6) is 0.612. The van der Waals surface area contributed by atoms with Crippen LogP contribution in [0.3, 0.4) is 0 Å². The van der Waals surface area contributed by atoms with E-state index in [-0.39, 0.29) is 6.04 Å².